The molecule has 1 aliphatic rings. The van der Waals surface area contributed by atoms with Crippen LogP contribution >= 0.6 is 0 Å². The van der Waals surface area contributed by atoms with Gasteiger partial charge in [-0.2, -0.15) is 9.40 Å². The van der Waals surface area contributed by atoms with E-state index < -0.39 is 10.0 Å². The summed E-state index contributed by atoms with van der Waals surface area (Å²) in [5.74, 6) is 0. The number of aromatic amines is 2. The fourth-order valence-corrected chi connectivity index (χ4v) is 5.79. The highest BCUT2D eigenvalue weighted by Gasteiger charge is 2.28. The van der Waals surface area contributed by atoms with Gasteiger partial charge in [0.25, 0.3) is 0 Å². The van der Waals surface area contributed by atoms with Crippen molar-refractivity contribution >= 4 is 21.1 Å². The third kappa shape index (κ3) is 4.24. The van der Waals surface area contributed by atoms with E-state index in [1.807, 2.05) is 18.5 Å². The first kappa shape index (κ1) is 21.6. The number of benzene rings is 2. The van der Waals surface area contributed by atoms with Crippen LogP contribution in [0.1, 0.15) is 17.0 Å². The van der Waals surface area contributed by atoms with Crippen LogP contribution in [0.25, 0.3) is 16.7 Å². The molecule has 172 valence electrons. The van der Waals surface area contributed by atoms with E-state index in [2.05, 4.69) is 50.3 Å². The van der Waals surface area contributed by atoms with Crippen LogP contribution in [0, 0.1) is 13.8 Å². The van der Waals surface area contributed by atoms with Gasteiger partial charge in [0.1, 0.15) is 0 Å². The first-order valence-electron chi connectivity index (χ1n) is 10.9. The lowest BCUT2D eigenvalue weighted by Gasteiger charge is -2.34. The predicted octanol–water partition coefficient (Wildman–Crippen LogP) is 2.17. The molecule has 1 fully saturated rings. The van der Waals surface area contributed by atoms with Crippen molar-refractivity contribution in [3.63, 3.8) is 0 Å². The van der Waals surface area contributed by atoms with Gasteiger partial charge in [0.15, 0.2) is 0 Å². The summed E-state index contributed by atoms with van der Waals surface area (Å²) in [5.41, 5.74) is 5.03. The SMILES string of the molecule is Cc1cc(C)n(-c2ccc(CN3CCN(S(=O)(=O)c4ccc5[nH]c(=O)[nH]c5c4)CC3)cc2)n1. The fourth-order valence-electron chi connectivity index (χ4n) is 4.34. The molecule has 10 heteroatoms. The van der Waals surface area contributed by atoms with Crippen molar-refractivity contribution in [2.24, 2.45) is 0 Å². The number of nitrogens with one attached hydrogen (secondary N) is 2. The van der Waals surface area contributed by atoms with E-state index in [1.54, 1.807) is 6.07 Å². The second-order valence-electron chi connectivity index (χ2n) is 8.47. The number of aromatic nitrogens is 4. The summed E-state index contributed by atoms with van der Waals surface area (Å²) in [5, 5.41) is 4.52. The van der Waals surface area contributed by atoms with Crippen molar-refractivity contribution in [3.05, 3.63) is 76.0 Å². The Morgan fingerprint density at radius 3 is 2.27 bits per heavy atom. The second-order valence-corrected chi connectivity index (χ2v) is 10.4. The monoisotopic (exact) mass is 466 g/mol. The molecule has 0 unspecified atom stereocenters. The van der Waals surface area contributed by atoms with Gasteiger partial charge in [-0.3, -0.25) is 4.90 Å². The molecule has 2 aromatic heterocycles. The molecule has 4 aromatic rings. The number of H-pyrrole nitrogens is 2. The van der Waals surface area contributed by atoms with Crippen LogP contribution in [0.2, 0.25) is 0 Å². The highest BCUT2D eigenvalue weighted by molar-refractivity contribution is 7.89. The topological polar surface area (TPSA) is 107 Å². The van der Waals surface area contributed by atoms with Crippen molar-refractivity contribution in [2.45, 2.75) is 25.3 Å². The van der Waals surface area contributed by atoms with Crippen molar-refractivity contribution in [1.29, 1.82) is 0 Å². The van der Waals surface area contributed by atoms with E-state index in [4.69, 9.17) is 0 Å². The van der Waals surface area contributed by atoms with E-state index in [9.17, 15) is 13.2 Å². The third-order valence-corrected chi connectivity index (χ3v) is 7.95. The number of hydrogen-bond acceptors (Lipinski definition) is 5. The van der Waals surface area contributed by atoms with Gasteiger partial charge in [-0.25, -0.2) is 17.9 Å². The normalized spacial score (nSPS) is 15.9. The third-order valence-electron chi connectivity index (χ3n) is 6.05. The minimum absolute atomic E-state index is 0.193. The van der Waals surface area contributed by atoms with Crippen LogP contribution in [0.3, 0.4) is 0 Å². The molecule has 2 aromatic carbocycles. The summed E-state index contributed by atoms with van der Waals surface area (Å²) in [6, 6.07) is 15.1. The summed E-state index contributed by atoms with van der Waals surface area (Å²) >= 11 is 0. The number of hydrogen-bond donors (Lipinski definition) is 2. The molecule has 3 heterocycles. The number of rotatable bonds is 5. The van der Waals surface area contributed by atoms with Gasteiger partial charge in [0.05, 0.1) is 27.3 Å². The summed E-state index contributed by atoms with van der Waals surface area (Å²) < 4.78 is 29.7. The quantitative estimate of drug-likeness (QED) is 0.469. The molecule has 0 amide bonds. The molecule has 0 spiro atoms. The highest BCUT2D eigenvalue weighted by Crippen LogP contribution is 2.21. The molecule has 0 bridgehead atoms. The molecular formula is C23H26N6O3S. The van der Waals surface area contributed by atoms with E-state index >= 15 is 0 Å². The number of aryl methyl sites for hydroxylation is 2. The molecule has 1 saturated heterocycles. The average molecular weight is 467 g/mol. The molecule has 33 heavy (non-hydrogen) atoms. The Labute approximate surface area is 191 Å². The van der Waals surface area contributed by atoms with Crippen LogP contribution in [0.5, 0.6) is 0 Å². The molecule has 2 N–H and O–H groups in total. The van der Waals surface area contributed by atoms with Crippen LogP contribution in [0.4, 0.5) is 0 Å². The van der Waals surface area contributed by atoms with Crippen molar-refractivity contribution in [2.75, 3.05) is 26.2 Å². The van der Waals surface area contributed by atoms with Crippen molar-refractivity contribution in [1.82, 2.24) is 29.0 Å². The minimum atomic E-state index is -3.62. The van der Waals surface area contributed by atoms with Gasteiger partial charge in [0.2, 0.25) is 10.0 Å². The predicted molar refractivity (Wildman–Crippen MR) is 126 cm³/mol. The first-order chi connectivity index (χ1) is 15.8. The molecule has 1 aliphatic heterocycles. The maximum absolute atomic E-state index is 13.1. The van der Waals surface area contributed by atoms with Gasteiger partial charge in [-0.05, 0) is 55.8 Å². The number of piperazine rings is 1. The van der Waals surface area contributed by atoms with E-state index in [1.165, 1.54) is 22.0 Å². The summed E-state index contributed by atoms with van der Waals surface area (Å²) in [7, 11) is -3.62. The van der Waals surface area contributed by atoms with Crippen LogP contribution in [-0.2, 0) is 16.6 Å². The molecule has 5 rings (SSSR count). The summed E-state index contributed by atoms with van der Waals surface area (Å²) in [6.07, 6.45) is 0. The number of sulfonamides is 1. The molecule has 0 radical (unpaired) electrons. The van der Waals surface area contributed by atoms with Gasteiger partial charge in [-0.15, -0.1) is 0 Å². The molecule has 9 nitrogen and oxygen atoms in total. The lowest BCUT2D eigenvalue weighted by atomic mass is 10.2. The molecular weight excluding hydrogens is 440 g/mol. The second kappa shape index (κ2) is 8.29. The minimum Gasteiger partial charge on any atom is -0.306 e. The zero-order valence-corrected chi connectivity index (χ0v) is 19.4. The number of nitrogens with zero attached hydrogens (tertiary/aromatic N) is 4. The van der Waals surface area contributed by atoms with E-state index in [-0.39, 0.29) is 10.6 Å². The Hall–Kier alpha value is -3.21. The van der Waals surface area contributed by atoms with Crippen LogP contribution in [-0.4, -0.2) is 63.6 Å². The zero-order valence-electron chi connectivity index (χ0n) is 18.6. The van der Waals surface area contributed by atoms with Crippen LogP contribution in [0.15, 0.2) is 58.2 Å². The molecule has 0 atom stereocenters. The Kier molecular flexibility index (Phi) is 5.43. The maximum Gasteiger partial charge on any atom is 0.323 e. The Balaban J connectivity index is 1.23. The largest absolute Gasteiger partial charge is 0.323 e. The zero-order chi connectivity index (χ0) is 23.2. The average Bonchev–Trinajstić information content (AvgIpc) is 3.34. The van der Waals surface area contributed by atoms with Gasteiger partial charge in [-0.1, -0.05) is 12.1 Å². The molecule has 0 saturated carbocycles. The first-order valence-corrected chi connectivity index (χ1v) is 12.3. The highest BCUT2D eigenvalue weighted by atomic mass is 32.2. The standard InChI is InChI=1S/C23H26N6O3S/c1-16-13-17(2)29(26-16)19-5-3-18(4-6-19)15-27-9-11-28(12-10-27)33(31,32)20-7-8-21-22(14-20)25-23(30)24-21/h3-8,13-14H,9-12,15H2,1-2H3,(H2,24,25,30). The Bertz CT molecular complexity index is 1460. The lowest BCUT2D eigenvalue weighted by Crippen LogP contribution is -2.48. The lowest BCUT2D eigenvalue weighted by molar-refractivity contribution is 0.181. The summed E-state index contributed by atoms with van der Waals surface area (Å²) in [6.45, 7) is 6.95. The smallest absolute Gasteiger partial charge is 0.306 e. The molecule has 0 aliphatic carbocycles. The van der Waals surface area contributed by atoms with Gasteiger partial charge >= 0.3 is 5.69 Å². The van der Waals surface area contributed by atoms with Crippen LogP contribution < -0.4 is 5.69 Å². The van der Waals surface area contributed by atoms with Crippen molar-refractivity contribution in [3.8, 4) is 5.69 Å². The van der Waals surface area contributed by atoms with E-state index in [0.29, 0.717) is 37.2 Å². The number of imidazole rings is 1. The van der Waals surface area contributed by atoms with E-state index in [0.717, 1.165) is 23.6 Å². The summed E-state index contributed by atoms with van der Waals surface area (Å²) in [4.78, 5) is 19.2. The van der Waals surface area contributed by atoms with Crippen molar-refractivity contribution < 1.29 is 8.42 Å². The van der Waals surface area contributed by atoms with Gasteiger partial charge < -0.3 is 9.97 Å². The Morgan fingerprint density at radius 1 is 0.909 bits per heavy atom. The Morgan fingerprint density at radius 2 is 1.61 bits per heavy atom. The van der Waals surface area contributed by atoms with Gasteiger partial charge in [0, 0.05) is 38.4 Å². The maximum atomic E-state index is 13.1. The number of fused-ring (bicyclic) bond motifs is 1. The fraction of sp³-hybridized carbons (Fsp3) is 0.304.